The number of nitrogens with one attached hydrogen (secondary N) is 1. The van der Waals surface area contributed by atoms with E-state index >= 15 is 0 Å². The number of nitrogens with zero attached hydrogens (tertiary/aromatic N) is 2. The van der Waals surface area contributed by atoms with E-state index in [9.17, 15) is 9.59 Å². The van der Waals surface area contributed by atoms with Crippen LogP contribution < -0.4 is 10.2 Å². The molecular weight excluding hydrogens is 374 g/mol. The van der Waals surface area contributed by atoms with Crippen molar-refractivity contribution in [2.24, 2.45) is 0 Å². The average molecular weight is 400 g/mol. The van der Waals surface area contributed by atoms with Crippen molar-refractivity contribution in [3.8, 4) is 0 Å². The Labute approximate surface area is 171 Å². The minimum atomic E-state index is -0.0766. The third-order valence-corrected chi connectivity index (χ3v) is 5.34. The zero-order valence-corrected chi connectivity index (χ0v) is 17.1. The van der Waals surface area contributed by atoms with E-state index in [1.165, 1.54) is 0 Å². The summed E-state index contributed by atoms with van der Waals surface area (Å²) in [6.45, 7) is 7.30. The minimum Gasteiger partial charge on any atom is -0.369 e. The first kappa shape index (κ1) is 20.4. The van der Waals surface area contributed by atoms with Crippen molar-refractivity contribution >= 4 is 29.0 Å². The van der Waals surface area contributed by atoms with Gasteiger partial charge in [-0.2, -0.15) is 0 Å². The van der Waals surface area contributed by atoms with E-state index in [0.29, 0.717) is 11.6 Å². The van der Waals surface area contributed by atoms with Gasteiger partial charge in [-0.15, -0.1) is 0 Å². The van der Waals surface area contributed by atoms with Gasteiger partial charge < -0.3 is 10.2 Å². The molecule has 1 aliphatic rings. The normalized spacial score (nSPS) is 15.9. The monoisotopic (exact) mass is 399 g/mol. The van der Waals surface area contributed by atoms with Crippen LogP contribution in [0.5, 0.6) is 0 Å². The second kappa shape index (κ2) is 9.22. The molecule has 5 nitrogen and oxygen atoms in total. The number of rotatable bonds is 6. The van der Waals surface area contributed by atoms with Crippen molar-refractivity contribution in [1.29, 1.82) is 0 Å². The van der Waals surface area contributed by atoms with Crippen LogP contribution in [0.1, 0.15) is 35.8 Å². The second-order valence-electron chi connectivity index (χ2n) is 7.21. The van der Waals surface area contributed by atoms with E-state index in [0.717, 1.165) is 43.0 Å². The van der Waals surface area contributed by atoms with Crippen LogP contribution in [-0.2, 0) is 4.79 Å². The summed E-state index contributed by atoms with van der Waals surface area (Å²) < 4.78 is 0. The molecule has 28 heavy (non-hydrogen) atoms. The summed E-state index contributed by atoms with van der Waals surface area (Å²) >= 11 is 6.03. The first-order valence-electron chi connectivity index (χ1n) is 9.55. The minimum absolute atomic E-state index is 0.0201. The number of ketones is 1. The van der Waals surface area contributed by atoms with Gasteiger partial charge in [0, 0.05) is 42.5 Å². The first-order valence-corrected chi connectivity index (χ1v) is 9.93. The van der Waals surface area contributed by atoms with Gasteiger partial charge in [0.2, 0.25) is 5.91 Å². The Hall–Kier alpha value is -2.37. The molecule has 2 aromatic rings. The first-order chi connectivity index (χ1) is 13.4. The van der Waals surface area contributed by atoms with Crippen LogP contribution in [-0.4, -0.2) is 49.3 Å². The molecule has 0 radical (unpaired) electrons. The highest BCUT2D eigenvalue weighted by molar-refractivity contribution is 6.30. The van der Waals surface area contributed by atoms with Gasteiger partial charge in [0.1, 0.15) is 0 Å². The lowest BCUT2D eigenvalue weighted by atomic mass is 10.1. The number of hydrogen-bond donors (Lipinski definition) is 1. The van der Waals surface area contributed by atoms with Crippen molar-refractivity contribution in [2.45, 2.75) is 19.9 Å². The molecule has 0 aliphatic carbocycles. The Kier molecular flexibility index (Phi) is 6.70. The van der Waals surface area contributed by atoms with Gasteiger partial charge in [-0.05, 0) is 55.8 Å². The Morgan fingerprint density at radius 3 is 2.36 bits per heavy atom. The van der Waals surface area contributed by atoms with Crippen LogP contribution in [0.4, 0.5) is 5.69 Å². The highest BCUT2D eigenvalue weighted by Crippen LogP contribution is 2.19. The second-order valence-corrected chi connectivity index (χ2v) is 7.65. The van der Waals surface area contributed by atoms with Gasteiger partial charge in [0.25, 0.3) is 0 Å². The van der Waals surface area contributed by atoms with Gasteiger partial charge in [-0.25, -0.2) is 0 Å². The van der Waals surface area contributed by atoms with E-state index < -0.39 is 0 Å². The maximum Gasteiger partial charge on any atom is 0.234 e. The standard InChI is InChI=1S/C22H26ClN3O2/c1-16(19-4-3-5-20(23)14-19)24-22(28)15-25-10-12-26(13-11-25)21-8-6-18(7-9-21)17(2)27/h3-9,14,16H,10-13,15H2,1-2H3,(H,24,28)/t16-/m1/s1. The summed E-state index contributed by atoms with van der Waals surface area (Å²) in [6, 6.07) is 15.2. The Morgan fingerprint density at radius 1 is 1.07 bits per heavy atom. The zero-order valence-electron chi connectivity index (χ0n) is 16.3. The van der Waals surface area contributed by atoms with Crippen molar-refractivity contribution < 1.29 is 9.59 Å². The van der Waals surface area contributed by atoms with Gasteiger partial charge in [0.15, 0.2) is 5.78 Å². The molecule has 0 saturated carbocycles. The Balaban J connectivity index is 1.47. The Bertz CT molecular complexity index is 830. The van der Waals surface area contributed by atoms with Crippen molar-refractivity contribution in [2.75, 3.05) is 37.6 Å². The summed E-state index contributed by atoms with van der Waals surface area (Å²) in [5.74, 6) is 0.0983. The number of hydrogen-bond acceptors (Lipinski definition) is 4. The third-order valence-electron chi connectivity index (χ3n) is 5.10. The molecule has 1 heterocycles. The summed E-state index contributed by atoms with van der Waals surface area (Å²) in [7, 11) is 0. The maximum absolute atomic E-state index is 12.4. The number of amides is 1. The molecule has 0 bridgehead atoms. The molecule has 6 heteroatoms. The molecule has 1 amide bonds. The van der Waals surface area contributed by atoms with Gasteiger partial charge in [-0.1, -0.05) is 23.7 Å². The number of piperazine rings is 1. The highest BCUT2D eigenvalue weighted by Gasteiger charge is 2.20. The predicted molar refractivity (Wildman–Crippen MR) is 113 cm³/mol. The van der Waals surface area contributed by atoms with E-state index in [4.69, 9.17) is 11.6 Å². The van der Waals surface area contributed by atoms with Crippen molar-refractivity contribution in [3.63, 3.8) is 0 Å². The van der Waals surface area contributed by atoms with Gasteiger partial charge >= 0.3 is 0 Å². The molecule has 148 valence electrons. The largest absolute Gasteiger partial charge is 0.369 e. The van der Waals surface area contributed by atoms with E-state index in [2.05, 4.69) is 15.1 Å². The zero-order chi connectivity index (χ0) is 20.1. The number of Topliss-reactive ketones (excluding diaryl/α,β-unsaturated/α-hetero) is 1. The highest BCUT2D eigenvalue weighted by atomic mass is 35.5. The van der Waals surface area contributed by atoms with Gasteiger partial charge in [0.05, 0.1) is 12.6 Å². The lowest BCUT2D eigenvalue weighted by Crippen LogP contribution is -2.49. The molecule has 1 N–H and O–H groups in total. The van der Waals surface area contributed by atoms with E-state index in [1.54, 1.807) is 6.92 Å². The lowest BCUT2D eigenvalue weighted by molar-refractivity contribution is -0.123. The van der Waals surface area contributed by atoms with Crippen LogP contribution in [0.25, 0.3) is 0 Å². The smallest absolute Gasteiger partial charge is 0.234 e. The molecule has 3 rings (SSSR count). The summed E-state index contributed by atoms with van der Waals surface area (Å²) in [5.41, 5.74) is 2.84. The maximum atomic E-state index is 12.4. The molecule has 1 fully saturated rings. The molecule has 1 aliphatic heterocycles. The predicted octanol–water partition coefficient (Wildman–Crippen LogP) is 3.54. The van der Waals surface area contributed by atoms with E-state index in [-0.39, 0.29) is 17.7 Å². The van der Waals surface area contributed by atoms with Crippen LogP contribution in [0.2, 0.25) is 5.02 Å². The molecule has 1 atom stereocenters. The van der Waals surface area contributed by atoms with Crippen LogP contribution in [0.15, 0.2) is 48.5 Å². The average Bonchev–Trinajstić information content (AvgIpc) is 2.68. The molecule has 0 spiro atoms. The van der Waals surface area contributed by atoms with Crippen molar-refractivity contribution in [3.05, 3.63) is 64.7 Å². The Morgan fingerprint density at radius 2 is 1.75 bits per heavy atom. The molecular formula is C22H26ClN3O2. The number of benzene rings is 2. The van der Waals surface area contributed by atoms with Crippen LogP contribution in [0, 0.1) is 0 Å². The lowest BCUT2D eigenvalue weighted by Gasteiger charge is -2.36. The molecule has 0 aromatic heterocycles. The van der Waals surface area contributed by atoms with Crippen LogP contribution >= 0.6 is 11.6 Å². The fourth-order valence-electron chi connectivity index (χ4n) is 3.42. The fraction of sp³-hybridized carbons (Fsp3) is 0.364. The SMILES string of the molecule is CC(=O)c1ccc(N2CCN(CC(=O)N[C@H](C)c3cccc(Cl)c3)CC2)cc1. The molecule has 2 aromatic carbocycles. The number of carbonyl (C=O) groups is 2. The molecule has 1 saturated heterocycles. The molecule has 0 unspecified atom stereocenters. The quantitative estimate of drug-likeness (QED) is 0.755. The number of halogens is 1. The number of carbonyl (C=O) groups excluding carboxylic acids is 2. The topological polar surface area (TPSA) is 52.7 Å². The summed E-state index contributed by atoms with van der Waals surface area (Å²) in [5, 5.41) is 3.72. The summed E-state index contributed by atoms with van der Waals surface area (Å²) in [6.07, 6.45) is 0. The summed E-state index contributed by atoms with van der Waals surface area (Å²) in [4.78, 5) is 28.3. The van der Waals surface area contributed by atoms with Crippen molar-refractivity contribution in [1.82, 2.24) is 10.2 Å². The third kappa shape index (κ3) is 5.33. The van der Waals surface area contributed by atoms with Crippen LogP contribution in [0.3, 0.4) is 0 Å². The van der Waals surface area contributed by atoms with E-state index in [1.807, 2.05) is 55.5 Å². The van der Waals surface area contributed by atoms with Gasteiger partial charge in [-0.3, -0.25) is 14.5 Å². The number of anilines is 1. The fourth-order valence-corrected chi connectivity index (χ4v) is 3.62.